The number of morpholine rings is 1. The molecule has 1 saturated heterocycles. The number of carbonyl (C=O) groups excluding carboxylic acids is 2. The smallest absolute Gasteiger partial charge is 0.306 e. The highest BCUT2D eigenvalue weighted by molar-refractivity contribution is 7.90. The van der Waals surface area contributed by atoms with Crippen LogP contribution in [0, 0.1) is 5.92 Å². The maximum absolute atomic E-state index is 14.5. The van der Waals surface area contributed by atoms with Gasteiger partial charge >= 0.3 is 5.97 Å². The van der Waals surface area contributed by atoms with Crippen LogP contribution in [0.5, 0.6) is 0 Å². The summed E-state index contributed by atoms with van der Waals surface area (Å²) in [4.78, 5) is 41.5. The number of nitrogens with one attached hydrogen (secondary N) is 1. The summed E-state index contributed by atoms with van der Waals surface area (Å²) in [5.41, 5.74) is 2.14. The first-order valence-electron chi connectivity index (χ1n) is 15.1. The Hall–Kier alpha value is -3.44. The molecule has 246 valence electrons. The van der Waals surface area contributed by atoms with Crippen molar-refractivity contribution >= 4 is 50.8 Å². The molecule has 9 nitrogen and oxygen atoms in total. The maximum Gasteiger partial charge on any atom is 0.306 e. The summed E-state index contributed by atoms with van der Waals surface area (Å²) in [6.07, 6.45) is 0.708. The number of benzene rings is 3. The van der Waals surface area contributed by atoms with E-state index in [1.165, 1.54) is 12.1 Å². The molecule has 0 bridgehead atoms. The predicted octanol–water partition coefficient (Wildman–Crippen LogP) is 6.05. The fourth-order valence-corrected chi connectivity index (χ4v) is 6.44. The van der Waals surface area contributed by atoms with E-state index in [2.05, 4.69) is 5.32 Å². The molecule has 1 fully saturated rings. The summed E-state index contributed by atoms with van der Waals surface area (Å²) < 4.78 is 30.7. The molecule has 2 amide bonds. The lowest BCUT2D eigenvalue weighted by Crippen LogP contribution is -2.59. The van der Waals surface area contributed by atoms with E-state index >= 15 is 0 Å². The lowest BCUT2D eigenvalue weighted by atomic mass is 9.88. The van der Waals surface area contributed by atoms with Crippen molar-refractivity contribution in [1.82, 2.24) is 10.2 Å². The first-order chi connectivity index (χ1) is 21.8. The standard InChI is InChI=1S/C34H38Cl2N2O7S/c1-4-5-28(32(39)37-19-18-21(2)34(41)42)38-30(23-8-12-25(35)13-9-23)31(24-10-14-26(36)15-11-24)45-29(33(38)40)20-22-6-16-27(17-7-22)46(3,43)44/h6-17,21,28-31H,4-5,18-20H2,1-3H3,(H,37,39)(H,41,42)/t21?,28-,29+,30-,31+/m1/s1. The molecule has 0 aliphatic carbocycles. The Morgan fingerprint density at radius 1 is 0.935 bits per heavy atom. The van der Waals surface area contributed by atoms with Gasteiger partial charge in [-0.25, -0.2) is 8.42 Å². The summed E-state index contributed by atoms with van der Waals surface area (Å²) in [7, 11) is -3.41. The Morgan fingerprint density at radius 2 is 1.50 bits per heavy atom. The molecular weight excluding hydrogens is 651 g/mol. The predicted molar refractivity (Wildman–Crippen MR) is 176 cm³/mol. The van der Waals surface area contributed by atoms with Gasteiger partial charge in [-0.3, -0.25) is 14.4 Å². The molecule has 12 heteroatoms. The third kappa shape index (κ3) is 8.67. The van der Waals surface area contributed by atoms with E-state index in [1.807, 2.05) is 19.1 Å². The van der Waals surface area contributed by atoms with Crippen LogP contribution in [0.3, 0.4) is 0 Å². The fourth-order valence-electron chi connectivity index (χ4n) is 5.56. The van der Waals surface area contributed by atoms with Gasteiger partial charge in [0.15, 0.2) is 9.84 Å². The molecule has 1 unspecified atom stereocenters. The van der Waals surface area contributed by atoms with Crippen molar-refractivity contribution in [3.05, 3.63) is 99.5 Å². The molecule has 0 aromatic heterocycles. The van der Waals surface area contributed by atoms with Crippen LogP contribution in [-0.2, 0) is 35.4 Å². The van der Waals surface area contributed by atoms with Crippen molar-refractivity contribution in [2.45, 2.75) is 68.7 Å². The Morgan fingerprint density at radius 3 is 2.02 bits per heavy atom. The average molecular weight is 690 g/mol. The second-order valence-corrected chi connectivity index (χ2v) is 14.5. The highest BCUT2D eigenvalue weighted by Crippen LogP contribution is 2.44. The van der Waals surface area contributed by atoms with Crippen LogP contribution < -0.4 is 5.32 Å². The van der Waals surface area contributed by atoms with Gasteiger partial charge in [-0.05, 0) is 65.9 Å². The number of amides is 2. The van der Waals surface area contributed by atoms with Gasteiger partial charge in [0, 0.05) is 29.3 Å². The number of ether oxygens (including phenoxy) is 1. The summed E-state index contributed by atoms with van der Waals surface area (Å²) >= 11 is 12.5. The number of rotatable bonds is 13. The molecule has 1 aliphatic heterocycles. The van der Waals surface area contributed by atoms with Crippen molar-refractivity contribution in [3.63, 3.8) is 0 Å². The third-order valence-electron chi connectivity index (χ3n) is 8.11. The quantitative estimate of drug-likeness (QED) is 0.224. The van der Waals surface area contributed by atoms with E-state index in [0.717, 1.165) is 11.8 Å². The summed E-state index contributed by atoms with van der Waals surface area (Å²) in [5.74, 6) is -2.39. The maximum atomic E-state index is 14.5. The zero-order valence-corrected chi connectivity index (χ0v) is 28.2. The van der Waals surface area contributed by atoms with Crippen molar-refractivity contribution in [2.24, 2.45) is 5.92 Å². The summed E-state index contributed by atoms with van der Waals surface area (Å²) in [6.45, 7) is 3.63. The molecule has 4 rings (SSSR count). The zero-order valence-electron chi connectivity index (χ0n) is 25.9. The van der Waals surface area contributed by atoms with E-state index in [9.17, 15) is 27.9 Å². The van der Waals surface area contributed by atoms with Gasteiger partial charge in [0.25, 0.3) is 5.91 Å². The minimum Gasteiger partial charge on any atom is -0.481 e. The van der Waals surface area contributed by atoms with Crippen LogP contribution >= 0.6 is 23.2 Å². The van der Waals surface area contributed by atoms with Gasteiger partial charge in [0.05, 0.1) is 16.9 Å². The molecular formula is C34H38Cl2N2O7S. The van der Waals surface area contributed by atoms with Gasteiger partial charge in [0.2, 0.25) is 5.91 Å². The lowest BCUT2D eigenvalue weighted by molar-refractivity contribution is -0.181. The number of aliphatic carboxylic acids is 1. The van der Waals surface area contributed by atoms with E-state index < -0.39 is 51.9 Å². The molecule has 1 heterocycles. The SMILES string of the molecule is CCC[C@H](C(=O)NCCC(C)C(=O)O)N1C(=O)[C@H](Cc2ccc(S(C)(=O)=O)cc2)O[C@@H](c2ccc(Cl)cc2)[C@H]1c1ccc(Cl)cc1. The number of carboxylic acid groups (broad SMARTS) is 1. The van der Waals surface area contributed by atoms with E-state index in [0.29, 0.717) is 34.0 Å². The zero-order chi connectivity index (χ0) is 33.6. The Balaban J connectivity index is 1.79. The molecule has 3 aromatic rings. The molecule has 1 aliphatic rings. The molecule has 5 atom stereocenters. The molecule has 0 radical (unpaired) electrons. The first-order valence-corrected chi connectivity index (χ1v) is 17.7. The highest BCUT2D eigenvalue weighted by atomic mass is 35.5. The van der Waals surface area contributed by atoms with Crippen molar-refractivity contribution in [3.8, 4) is 0 Å². The Kier molecular flexibility index (Phi) is 11.9. The van der Waals surface area contributed by atoms with Gasteiger partial charge in [-0.2, -0.15) is 0 Å². The van der Waals surface area contributed by atoms with Gasteiger partial charge in [-0.1, -0.05) is 79.9 Å². The Labute approximate surface area is 279 Å². The number of hydrogen-bond acceptors (Lipinski definition) is 6. The number of carboxylic acids is 1. The molecule has 3 aromatic carbocycles. The summed E-state index contributed by atoms with van der Waals surface area (Å²) in [6, 6.07) is 18.8. The number of hydrogen-bond donors (Lipinski definition) is 2. The highest BCUT2D eigenvalue weighted by Gasteiger charge is 2.48. The molecule has 46 heavy (non-hydrogen) atoms. The fraction of sp³-hybridized carbons (Fsp3) is 0.382. The minimum atomic E-state index is -3.41. The lowest BCUT2D eigenvalue weighted by Gasteiger charge is -2.47. The topological polar surface area (TPSA) is 130 Å². The molecule has 0 saturated carbocycles. The van der Waals surface area contributed by atoms with Gasteiger partial charge in [0.1, 0.15) is 18.2 Å². The first kappa shape index (κ1) is 35.4. The Bertz CT molecular complexity index is 1630. The van der Waals surface area contributed by atoms with Crippen molar-refractivity contribution < 1.29 is 32.6 Å². The van der Waals surface area contributed by atoms with Gasteiger partial charge < -0.3 is 20.1 Å². The van der Waals surface area contributed by atoms with Crippen LogP contribution in [0.4, 0.5) is 0 Å². The van der Waals surface area contributed by atoms with E-state index in [-0.39, 0.29) is 30.2 Å². The van der Waals surface area contributed by atoms with Crippen LogP contribution in [0.25, 0.3) is 0 Å². The monoisotopic (exact) mass is 688 g/mol. The second kappa shape index (κ2) is 15.4. The van der Waals surface area contributed by atoms with Crippen LogP contribution in [0.1, 0.15) is 61.9 Å². The third-order valence-corrected chi connectivity index (χ3v) is 9.74. The van der Waals surface area contributed by atoms with Gasteiger partial charge in [-0.15, -0.1) is 0 Å². The van der Waals surface area contributed by atoms with Crippen LogP contribution in [0.2, 0.25) is 10.0 Å². The van der Waals surface area contributed by atoms with Crippen LogP contribution in [-0.4, -0.2) is 61.2 Å². The average Bonchev–Trinajstić information content (AvgIpc) is 3.01. The van der Waals surface area contributed by atoms with Crippen molar-refractivity contribution in [1.29, 1.82) is 0 Å². The molecule has 0 spiro atoms. The largest absolute Gasteiger partial charge is 0.481 e. The van der Waals surface area contributed by atoms with Crippen LogP contribution in [0.15, 0.2) is 77.7 Å². The number of sulfone groups is 1. The summed E-state index contributed by atoms with van der Waals surface area (Å²) in [5, 5.41) is 13.2. The van der Waals surface area contributed by atoms with E-state index in [1.54, 1.807) is 60.4 Å². The van der Waals surface area contributed by atoms with E-state index in [4.69, 9.17) is 27.9 Å². The minimum absolute atomic E-state index is 0.132. The second-order valence-electron chi connectivity index (χ2n) is 11.6. The van der Waals surface area contributed by atoms with Crippen molar-refractivity contribution in [2.75, 3.05) is 12.8 Å². The number of carbonyl (C=O) groups is 3. The number of nitrogens with zero attached hydrogens (tertiary/aromatic N) is 1. The normalized spacial score (nSPS) is 19.8. The number of halogens is 2. The molecule has 2 N–H and O–H groups in total.